The summed E-state index contributed by atoms with van der Waals surface area (Å²) in [7, 11) is 7.63. The number of Topliss-reactive ketones (excluding diaryl/α,β-unsaturated/α-hetero) is 1. The van der Waals surface area contributed by atoms with Gasteiger partial charge in [0, 0.05) is 38.9 Å². The number of nitrogens with one attached hydrogen (secondary N) is 1. The van der Waals surface area contributed by atoms with Crippen molar-refractivity contribution in [1.29, 1.82) is 0 Å². The number of nitrogens with zero attached hydrogens (tertiary/aromatic N) is 3. The van der Waals surface area contributed by atoms with E-state index in [1.807, 2.05) is 82.6 Å². The number of hydrogen-bond acceptors (Lipinski definition) is 19. The number of methoxy groups -OCH3 is 5. The van der Waals surface area contributed by atoms with Crippen LogP contribution in [0.2, 0.25) is 0 Å². The SMILES string of the molecule is COC(=O)[C@H]1CC(=O)CN1Cc1ccc(OC)cc1.COC(=O)[C@H]1CC2(CN1Cc1ccc(OC)cc1)OCCO2.COc1ccc(CN2CC3(C[C@@H]2C(=O)NO)OCCO3)cc1.OCCO. The predicted molar refractivity (Wildman–Crippen MR) is 238 cm³/mol. The number of carbonyl (C=O) groups excluding carboxylic acids is 4. The number of esters is 2. The molecule has 2 spiro atoms. The summed E-state index contributed by atoms with van der Waals surface area (Å²) in [5.74, 6) is 0.0278. The molecule has 67 heavy (non-hydrogen) atoms. The minimum Gasteiger partial charge on any atom is -0.497 e. The zero-order chi connectivity index (χ0) is 48.4. The Morgan fingerprint density at radius 1 is 0.582 bits per heavy atom. The van der Waals surface area contributed by atoms with Gasteiger partial charge in [0.1, 0.15) is 35.1 Å². The number of ether oxygens (including phenoxy) is 9. The maximum atomic E-state index is 12.1. The summed E-state index contributed by atoms with van der Waals surface area (Å²) in [4.78, 5) is 53.0. The van der Waals surface area contributed by atoms with E-state index in [0.29, 0.717) is 78.5 Å². The van der Waals surface area contributed by atoms with E-state index < -0.39 is 29.6 Å². The zero-order valence-corrected chi connectivity index (χ0v) is 38.8. The molecule has 0 radical (unpaired) electrons. The van der Waals surface area contributed by atoms with Gasteiger partial charge in [0.15, 0.2) is 11.6 Å². The number of likely N-dealkylation sites (tertiary alicyclic amines) is 3. The molecule has 0 bridgehead atoms. The van der Waals surface area contributed by atoms with Crippen LogP contribution in [0.5, 0.6) is 17.2 Å². The molecule has 20 heteroatoms. The Morgan fingerprint density at radius 3 is 1.30 bits per heavy atom. The number of aliphatic hydroxyl groups excluding tert-OH is 2. The first-order valence-corrected chi connectivity index (χ1v) is 21.9. The van der Waals surface area contributed by atoms with E-state index in [4.69, 9.17) is 58.1 Å². The molecule has 5 aliphatic heterocycles. The number of rotatable bonds is 13. The summed E-state index contributed by atoms with van der Waals surface area (Å²) in [5, 5.41) is 24.2. The Bertz CT molecular complexity index is 1910. The van der Waals surface area contributed by atoms with Gasteiger partial charge in [-0.2, -0.15) is 0 Å². The summed E-state index contributed by atoms with van der Waals surface area (Å²) in [6.07, 6.45) is 1.16. The third kappa shape index (κ3) is 14.6. The highest BCUT2D eigenvalue weighted by atomic mass is 16.7. The quantitative estimate of drug-likeness (QED) is 0.108. The molecule has 3 atom stereocenters. The molecule has 5 saturated heterocycles. The first-order valence-electron chi connectivity index (χ1n) is 21.9. The lowest BCUT2D eigenvalue weighted by atomic mass is 10.1. The van der Waals surface area contributed by atoms with Gasteiger partial charge >= 0.3 is 11.9 Å². The largest absolute Gasteiger partial charge is 0.497 e. The topological polar surface area (TPSA) is 234 Å². The average Bonchev–Trinajstić information content (AvgIpc) is 4.23. The van der Waals surface area contributed by atoms with E-state index in [2.05, 4.69) is 4.90 Å². The lowest BCUT2D eigenvalue weighted by Crippen LogP contribution is -2.41. The highest BCUT2D eigenvalue weighted by Gasteiger charge is 2.52. The Morgan fingerprint density at radius 2 is 0.940 bits per heavy atom. The number of hydroxylamine groups is 1. The van der Waals surface area contributed by atoms with Crippen molar-refractivity contribution >= 4 is 23.6 Å². The van der Waals surface area contributed by atoms with Crippen LogP contribution in [0.1, 0.15) is 36.0 Å². The van der Waals surface area contributed by atoms with E-state index in [-0.39, 0.29) is 43.4 Å². The van der Waals surface area contributed by atoms with Crippen molar-refractivity contribution in [2.75, 3.05) is 94.8 Å². The van der Waals surface area contributed by atoms with E-state index >= 15 is 0 Å². The molecule has 0 aliphatic carbocycles. The van der Waals surface area contributed by atoms with Crippen LogP contribution >= 0.6 is 0 Å². The summed E-state index contributed by atoms with van der Waals surface area (Å²) in [5.41, 5.74) is 4.92. The van der Waals surface area contributed by atoms with Crippen LogP contribution in [-0.4, -0.2) is 178 Å². The second-order valence-corrected chi connectivity index (χ2v) is 16.1. The number of hydrogen-bond donors (Lipinski definition) is 4. The van der Waals surface area contributed by atoms with Gasteiger partial charge in [0.25, 0.3) is 5.91 Å². The molecule has 3 aromatic rings. The molecule has 368 valence electrons. The first-order chi connectivity index (χ1) is 32.4. The van der Waals surface area contributed by atoms with Crippen LogP contribution in [0.4, 0.5) is 0 Å². The molecule has 0 aromatic heterocycles. The standard InChI is InChI=1S/C16H21NO5.C15H20N2O5.C14H17NO4.C2H6O2/c1-19-13-5-3-12(4-6-13)10-17-11-16(21-7-8-22-16)9-14(17)15(18)20-2;1-20-12-4-2-11(3-5-12)9-17-10-15(21-6-7-22-15)8-13(17)14(18)16-19;1-18-12-5-3-10(4-6-12)8-15-9-11(16)7-13(15)14(17)19-2;3-1-2-4/h3-6,14H,7-11H2,1-2H3;2-5,13,19H,6-10H2,1H3,(H,16,18);3-6,13H,7-9H2,1-2H3;3-4H,1-2H2/t14-;2*13-;/m111./s1. The Hall–Kier alpha value is -5.26. The molecule has 0 saturated carbocycles. The molecule has 5 aliphatic rings. The van der Waals surface area contributed by atoms with Crippen LogP contribution < -0.4 is 19.7 Å². The second kappa shape index (κ2) is 25.8. The van der Waals surface area contributed by atoms with Crippen LogP contribution in [0.25, 0.3) is 0 Å². The van der Waals surface area contributed by atoms with Crippen molar-refractivity contribution in [3.8, 4) is 17.2 Å². The Labute approximate surface area is 390 Å². The monoisotopic (exact) mass is 940 g/mol. The van der Waals surface area contributed by atoms with Crippen LogP contribution in [-0.2, 0) is 67.2 Å². The van der Waals surface area contributed by atoms with E-state index in [1.165, 1.54) is 14.2 Å². The third-order valence-corrected chi connectivity index (χ3v) is 11.7. The number of aliphatic hydroxyl groups is 2. The molecule has 0 unspecified atom stereocenters. The molecule has 1 amide bonds. The minimum absolute atomic E-state index is 0.0731. The van der Waals surface area contributed by atoms with Gasteiger partial charge in [-0.25, -0.2) is 5.48 Å². The molecule has 5 fully saturated rings. The smallest absolute Gasteiger partial charge is 0.323 e. The number of benzene rings is 3. The van der Waals surface area contributed by atoms with Crippen LogP contribution in [0.3, 0.4) is 0 Å². The molecule has 5 heterocycles. The van der Waals surface area contributed by atoms with Gasteiger partial charge in [0.05, 0.1) is 101 Å². The van der Waals surface area contributed by atoms with Gasteiger partial charge in [-0.1, -0.05) is 36.4 Å². The zero-order valence-electron chi connectivity index (χ0n) is 38.8. The third-order valence-electron chi connectivity index (χ3n) is 11.7. The maximum absolute atomic E-state index is 12.1. The molecule has 8 rings (SSSR count). The van der Waals surface area contributed by atoms with Crippen molar-refractivity contribution in [3.63, 3.8) is 0 Å². The molecular weight excluding hydrogens is 877 g/mol. The minimum atomic E-state index is -0.732. The van der Waals surface area contributed by atoms with Crippen molar-refractivity contribution < 1.29 is 77.2 Å². The molecular formula is C47H64N4O16. The average molecular weight is 941 g/mol. The summed E-state index contributed by atoms with van der Waals surface area (Å²) >= 11 is 0. The van der Waals surface area contributed by atoms with Gasteiger partial charge in [0.2, 0.25) is 0 Å². The van der Waals surface area contributed by atoms with Crippen molar-refractivity contribution in [2.24, 2.45) is 0 Å². The second-order valence-electron chi connectivity index (χ2n) is 16.1. The van der Waals surface area contributed by atoms with E-state index in [1.54, 1.807) is 26.8 Å². The number of amides is 1. The fourth-order valence-corrected chi connectivity index (χ4v) is 8.44. The van der Waals surface area contributed by atoms with E-state index in [9.17, 15) is 19.2 Å². The van der Waals surface area contributed by atoms with Crippen molar-refractivity contribution in [3.05, 3.63) is 89.5 Å². The Kier molecular flexibility index (Phi) is 20.3. The summed E-state index contributed by atoms with van der Waals surface area (Å²) < 4.78 is 47.9. The number of carbonyl (C=O) groups is 4. The molecule has 20 nitrogen and oxygen atoms in total. The normalized spacial score (nSPS) is 21.6. The van der Waals surface area contributed by atoms with Gasteiger partial charge in [-0.3, -0.25) is 39.1 Å². The van der Waals surface area contributed by atoms with Gasteiger partial charge in [-0.15, -0.1) is 0 Å². The fourth-order valence-electron chi connectivity index (χ4n) is 8.44. The highest BCUT2D eigenvalue weighted by Crippen LogP contribution is 2.37. The van der Waals surface area contributed by atoms with Crippen LogP contribution in [0.15, 0.2) is 72.8 Å². The molecule has 3 aromatic carbocycles. The maximum Gasteiger partial charge on any atom is 0.323 e. The van der Waals surface area contributed by atoms with Crippen molar-refractivity contribution in [2.45, 2.75) is 68.6 Å². The number of ketones is 1. The lowest BCUT2D eigenvalue weighted by molar-refractivity contribution is -0.152. The Balaban J connectivity index is 0.000000181. The van der Waals surface area contributed by atoms with Gasteiger partial charge in [-0.05, 0) is 53.1 Å². The predicted octanol–water partition coefficient (Wildman–Crippen LogP) is 1.69. The van der Waals surface area contributed by atoms with Gasteiger partial charge < -0.3 is 52.8 Å². The van der Waals surface area contributed by atoms with Crippen molar-refractivity contribution in [1.82, 2.24) is 20.2 Å². The fraction of sp³-hybridized carbons (Fsp3) is 0.532. The first kappa shape index (κ1) is 52.7. The van der Waals surface area contributed by atoms with E-state index in [0.717, 1.165) is 33.9 Å². The summed E-state index contributed by atoms with van der Waals surface area (Å²) in [6, 6.07) is 21.8. The highest BCUT2D eigenvalue weighted by molar-refractivity contribution is 5.91. The summed E-state index contributed by atoms with van der Waals surface area (Å²) in [6.45, 7) is 5.08. The van der Waals surface area contributed by atoms with Crippen LogP contribution in [0, 0.1) is 0 Å². The lowest BCUT2D eigenvalue weighted by Gasteiger charge is -2.23. The molecule has 4 N–H and O–H groups in total.